The van der Waals surface area contributed by atoms with E-state index in [9.17, 15) is 9.59 Å². The Labute approximate surface area is 224 Å². The Morgan fingerprint density at radius 2 is 1.95 bits per heavy atom. The number of hydrogen-bond donors (Lipinski definition) is 1. The molecule has 1 unspecified atom stereocenters. The zero-order chi connectivity index (χ0) is 26.4. The minimum Gasteiger partial charge on any atom is -0.350 e. The van der Waals surface area contributed by atoms with Gasteiger partial charge in [-0.2, -0.15) is 5.10 Å². The Morgan fingerprint density at radius 3 is 2.73 bits per heavy atom. The fourth-order valence-corrected chi connectivity index (χ4v) is 6.20. The molecule has 3 aliphatic rings. The molecule has 1 atom stereocenters. The lowest BCUT2D eigenvalue weighted by molar-refractivity contribution is 0.0984. The molecule has 2 saturated heterocycles. The molecule has 5 rings (SSSR count). The Kier molecular flexibility index (Phi) is 6.89. The number of nitrogens with zero attached hydrogens (tertiary/aromatic N) is 6. The lowest BCUT2D eigenvalue weighted by atomic mass is 9.92. The average Bonchev–Trinajstić information content (AvgIpc) is 3.51. The highest BCUT2D eigenvalue weighted by molar-refractivity contribution is 7.97. The topological polar surface area (TPSA) is 86.6 Å². The molecule has 2 fully saturated rings. The summed E-state index contributed by atoms with van der Waals surface area (Å²) in [4.78, 5) is 37.6. The molecule has 0 saturated carbocycles. The highest BCUT2D eigenvalue weighted by Gasteiger charge is 2.41. The second-order valence-electron chi connectivity index (χ2n) is 12.4. The van der Waals surface area contributed by atoms with E-state index in [2.05, 4.69) is 49.3 Å². The summed E-state index contributed by atoms with van der Waals surface area (Å²) in [5.74, 6) is 1.57. The monoisotopic (exact) mass is 525 g/mol. The van der Waals surface area contributed by atoms with E-state index in [0.717, 1.165) is 50.3 Å². The van der Waals surface area contributed by atoms with E-state index < -0.39 is 0 Å². The normalized spacial score (nSPS) is 22.2. The van der Waals surface area contributed by atoms with E-state index in [0.29, 0.717) is 36.2 Å². The first-order valence-corrected chi connectivity index (χ1v) is 14.2. The van der Waals surface area contributed by atoms with Gasteiger partial charge in [-0.3, -0.25) is 19.1 Å². The molecule has 200 valence electrons. The van der Waals surface area contributed by atoms with Crippen molar-refractivity contribution in [1.29, 1.82) is 0 Å². The minimum atomic E-state index is -0.204. The van der Waals surface area contributed by atoms with Crippen LogP contribution in [0.5, 0.6) is 0 Å². The molecular formula is C27H39N7O2S. The number of aromatic nitrogens is 3. The Hall–Kier alpha value is -2.75. The van der Waals surface area contributed by atoms with E-state index in [-0.39, 0.29) is 22.9 Å². The van der Waals surface area contributed by atoms with Crippen molar-refractivity contribution in [3.05, 3.63) is 30.0 Å². The number of urea groups is 1. The van der Waals surface area contributed by atoms with Crippen molar-refractivity contribution in [3.8, 4) is 0 Å². The number of nitrogens with one attached hydrogen (secondary N) is 1. The summed E-state index contributed by atoms with van der Waals surface area (Å²) in [6.45, 7) is 14.8. The molecule has 9 nitrogen and oxygen atoms in total. The van der Waals surface area contributed by atoms with Crippen LogP contribution in [0.1, 0.15) is 70.7 Å². The van der Waals surface area contributed by atoms with Gasteiger partial charge in [-0.25, -0.2) is 9.78 Å². The van der Waals surface area contributed by atoms with Crippen LogP contribution >= 0.6 is 11.9 Å². The highest BCUT2D eigenvalue weighted by Crippen LogP contribution is 2.40. The molecule has 1 N–H and O–H groups in total. The molecule has 0 aromatic carbocycles. The molecule has 5 heterocycles. The quantitative estimate of drug-likeness (QED) is 0.580. The van der Waals surface area contributed by atoms with Crippen LogP contribution < -0.4 is 14.5 Å². The smallest absolute Gasteiger partial charge is 0.325 e. The number of amides is 3. The van der Waals surface area contributed by atoms with Gasteiger partial charge in [0, 0.05) is 56.4 Å². The summed E-state index contributed by atoms with van der Waals surface area (Å²) < 4.78 is 4.91. The van der Waals surface area contributed by atoms with Crippen molar-refractivity contribution < 1.29 is 9.59 Å². The van der Waals surface area contributed by atoms with Crippen molar-refractivity contribution in [1.82, 2.24) is 24.4 Å². The van der Waals surface area contributed by atoms with Gasteiger partial charge >= 0.3 is 6.03 Å². The van der Waals surface area contributed by atoms with Crippen molar-refractivity contribution in [2.45, 2.75) is 77.4 Å². The molecule has 10 heteroatoms. The van der Waals surface area contributed by atoms with Gasteiger partial charge in [0.05, 0.1) is 5.56 Å². The molecule has 3 amide bonds. The van der Waals surface area contributed by atoms with Crippen LogP contribution in [0.3, 0.4) is 0 Å². The van der Waals surface area contributed by atoms with E-state index in [1.165, 1.54) is 11.9 Å². The molecule has 37 heavy (non-hydrogen) atoms. The molecule has 2 aromatic rings. The summed E-state index contributed by atoms with van der Waals surface area (Å²) >= 11 is 1.22. The first-order valence-electron chi connectivity index (χ1n) is 13.4. The maximum absolute atomic E-state index is 13.4. The minimum absolute atomic E-state index is 0.00764. The molecule has 0 aliphatic carbocycles. The second kappa shape index (κ2) is 9.85. The van der Waals surface area contributed by atoms with Crippen LogP contribution in [0.25, 0.3) is 0 Å². The highest BCUT2D eigenvalue weighted by atomic mass is 32.2. The predicted molar refractivity (Wildman–Crippen MR) is 147 cm³/mol. The maximum Gasteiger partial charge on any atom is 0.325 e. The fourth-order valence-electron chi connectivity index (χ4n) is 5.62. The van der Waals surface area contributed by atoms with Gasteiger partial charge < -0.3 is 9.80 Å². The fraction of sp³-hybridized carbons (Fsp3) is 0.630. The van der Waals surface area contributed by atoms with E-state index in [4.69, 9.17) is 4.98 Å². The average molecular weight is 526 g/mol. The van der Waals surface area contributed by atoms with E-state index >= 15 is 0 Å². The van der Waals surface area contributed by atoms with Gasteiger partial charge in [0.25, 0.3) is 5.91 Å². The van der Waals surface area contributed by atoms with Crippen LogP contribution in [-0.2, 0) is 6.54 Å². The number of carbonyl (C=O) groups is 2. The Bertz CT molecular complexity index is 1170. The number of hydrogen-bond acceptors (Lipinski definition) is 6. The summed E-state index contributed by atoms with van der Waals surface area (Å²) in [5.41, 5.74) is 0.547. The van der Waals surface area contributed by atoms with E-state index in [1.54, 1.807) is 4.90 Å². The number of aryl methyl sites for hydroxylation is 1. The zero-order valence-corrected chi connectivity index (χ0v) is 23.5. The van der Waals surface area contributed by atoms with Crippen LogP contribution in [0, 0.1) is 11.3 Å². The van der Waals surface area contributed by atoms with Gasteiger partial charge in [0.2, 0.25) is 0 Å². The Balaban J connectivity index is 1.46. The molecule has 3 aliphatic heterocycles. The van der Waals surface area contributed by atoms with Gasteiger partial charge in [-0.1, -0.05) is 20.8 Å². The largest absolute Gasteiger partial charge is 0.350 e. The third-order valence-corrected chi connectivity index (χ3v) is 8.40. The number of anilines is 2. The molecule has 4 bridgehead atoms. The molecule has 0 radical (unpaired) electrons. The maximum atomic E-state index is 13.4. The van der Waals surface area contributed by atoms with Gasteiger partial charge in [-0.05, 0) is 69.1 Å². The van der Waals surface area contributed by atoms with Crippen LogP contribution in [0.2, 0.25) is 0 Å². The predicted octanol–water partition coefficient (Wildman–Crippen LogP) is 4.79. The summed E-state index contributed by atoms with van der Waals surface area (Å²) in [6.07, 6.45) is 6.10. The third-order valence-electron chi connectivity index (χ3n) is 7.69. The van der Waals surface area contributed by atoms with Gasteiger partial charge in [0.1, 0.15) is 16.7 Å². The molecule has 2 aromatic heterocycles. The number of fused-ring (bicyclic) bond motifs is 6. The number of rotatable bonds is 3. The summed E-state index contributed by atoms with van der Waals surface area (Å²) in [6, 6.07) is 5.56. The standard InChI is InChI=1S/C27H39N7O2S/c1-26(2,3)11-14-31-15-16-33(25(31)36)21-9-8-20-23(28-21)34-18-19(17-27(34,4)5)7-6-12-32-13-10-22(29-32)37-30-24(20)35/h8-10,13,19H,6-7,11-12,14-18H2,1-5H3,(H,30,35). The van der Waals surface area contributed by atoms with E-state index in [1.807, 2.05) is 34.0 Å². The van der Waals surface area contributed by atoms with Crippen LogP contribution in [0.15, 0.2) is 29.4 Å². The van der Waals surface area contributed by atoms with Crippen molar-refractivity contribution >= 4 is 35.5 Å². The van der Waals surface area contributed by atoms with Gasteiger partial charge in [0.15, 0.2) is 0 Å². The molecule has 0 spiro atoms. The van der Waals surface area contributed by atoms with Crippen molar-refractivity contribution in [3.63, 3.8) is 0 Å². The van der Waals surface area contributed by atoms with Crippen LogP contribution in [-0.4, -0.2) is 63.3 Å². The first kappa shape index (κ1) is 25.9. The summed E-state index contributed by atoms with van der Waals surface area (Å²) in [7, 11) is 0. The number of pyridine rings is 1. The van der Waals surface area contributed by atoms with Crippen LogP contribution in [0.4, 0.5) is 16.4 Å². The number of carbonyl (C=O) groups excluding carboxylic acids is 2. The lowest BCUT2D eigenvalue weighted by Crippen LogP contribution is -2.40. The summed E-state index contributed by atoms with van der Waals surface area (Å²) in [5, 5.41) is 5.34. The van der Waals surface area contributed by atoms with Gasteiger partial charge in [-0.15, -0.1) is 0 Å². The van der Waals surface area contributed by atoms with Crippen molar-refractivity contribution in [2.24, 2.45) is 11.3 Å². The molecular weight excluding hydrogens is 486 g/mol. The third kappa shape index (κ3) is 5.58. The van der Waals surface area contributed by atoms with Crippen molar-refractivity contribution in [2.75, 3.05) is 36.0 Å². The SMILES string of the molecule is CC(C)(C)CCN1CCN(c2ccc3c(n2)N2CC(CCCn4ccc(n4)SNC3=O)CC2(C)C)C1=O. The second-order valence-corrected chi connectivity index (χ2v) is 13.2. The Morgan fingerprint density at radius 1 is 1.14 bits per heavy atom. The first-order chi connectivity index (χ1) is 17.5. The lowest BCUT2D eigenvalue weighted by Gasteiger charge is -2.34. The zero-order valence-electron chi connectivity index (χ0n) is 22.7.